The van der Waals surface area contributed by atoms with Crippen molar-refractivity contribution in [2.24, 2.45) is 0 Å². The van der Waals surface area contributed by atoms with Gasteiger partial charge < -0.3 is 0 Å². The van der Waals surface area contributed by atoms with E-state index in [1.54, 1.807) is 30.3 Å². The number of nitro benzene ring substituents is 2. The van der Waals surface area contributed by atoms with Gasteiger partial charge in [0, 0.05) is 6.07 Å². The number of benzene rings is 3. The van der Waals surface area contributed by atoms with Gasteiger partial charge in [-0.2, -0.15) is 0 Å². The van der Waals surface area contributed by atoms with Crippen LogP contribution in [0.4, 0.5) is 11.4 Å². The van der Waals surface area contributed by atoms with Crippen molar-refractivity contribution in [1.82, 2.24) is 0 Å². The van der Waals surface area contributed by atoms with E-state index in [-0.39, 0.29) is 4.90 Å². The lowest BCUT2D eigenvalue weighted by Gasteiger charge is -2.07. The van der Waals surface area contributed by atoms with Crippen LogP contribution in [0, 0.1) is 20.2 Å². The highest BCUT2D eigenvalue weighted by molar-refractivity contribution is 7.91. The van der Waals surface area contributed by atoms with Gasteiger partial charge in [0.2, 0.25) is 9.84 Å². The summed E-state index contributed by atoms with van der Waals surface area (Å²) >= 11 is 0. The van der Waals surface area contributed by atoms with Crippen LogP contribution in [0.25, 0.3) is 10.8 Å². The predicted molar refractivity (Wildman–Crippen MR) is 89.2 cm³/mol. The molecule has 126 valence electrons. The Balaban J connectivity index is 2.22. The highest BCUT2D eigenvalue weighted by atomic mass is 32.2. The molecule has 0 radical (unpaired) electrons. The largest absolute Gasteiger partial charge is 0.295 e. The second-order valence-corrected chi connectivity index (χ2v) is 7.10. The third-order valence-electron chi connectivity index (χ3n) is 3.67. The van der Waals surface area contributed by atoms with Gasteiger partial charge in [-0.3, -0.25) is 20.2 Å². The zero-order chi connectivity index (χ0) is 18.2. The summed E-state index contributed by atoms with van der Waals surface area (Å²) in [5.41, 5.74) is -1.38. The second-order valence-electron chi connectivity index (χ2n) is 5.18. The highest BCUT2D eigenvalue weighted by Gasteiger charge is 2.30. The molecule has 0 atom stereocenters. The van der Waals surface area contributed by atoms with Crippen molar-refractivity contribution in [3.05, 3.63) is 80.9 Å². The molecule has 0 aliphatic heterocycles. The molecule has 8 nitrogen and oxygen atoms in total. The predicted octanol–water partition coefficient (Wildman–Crippen LogP) is 3.49. The minimum Gasteiger partial charge on any atom is -0.258 e. The fourth-order valence-electron chi connectivity index (χ4n) is 2.45. The third-order valence-corrected chi connectivity index (χ3v) is 5.47. The average Bonchev–Trinajstić information content (AvgIpc) is 2.60. The lowest BCUT2D eigenvalue weighted by Crippen LogP contribution is -2.06. The molecule has 0 saturated carbocycles. The van der Waals surface area contributed by atoms with Gasteiger partial charge in [0.1, 0.15) is 4.90 Å². The van der Waals surface area contributed by atoms with Crippen molar-refractivity contribution in [2.75, 3.05) is 0 Å². The summed E-state index contributed by atoms with van der Waals surface area (Å²) < 4.78 is 25.6. The first kappa shape index (κ1) is 16.5. The van der Waals surface area contributed by atoms with Crippen molar-refractivity contribution >= 4 is 32.0 Å². The summed E-state index contributed by atoms with van der Waals surface area (Å²) in [5, 5.41) is 23.5. The summed E-state index contributed by atoms with van der Waals surface area (Å²) in [6.07, 6.45) is 0. The van der Waals surface area contributed by atoms with E-state index < -0.39 is 36.0 Å². The van der Waals surface area contributed by atoms with Crippen molar-refractivity contribution in [3.63, 3.8) is 0 Å². The Morgan fingerprint density at radius 3 is 2.08 bits per heavy atom. The lowest BCUT2D eigenvalue weighted by molar-refractivity contribution is -0.396. The molecule has 0 aliphatic rings. The molecule has 0 aromatic heterocycles. The summed E-state index contributed by atoms with van der Waals surface area (Å²) in [6, 6.07) is 13.9. The monoisotopic (exact) mass is 358 g/mol. The zero-order valence-electron chi connectivity index (χ0n) is 12.5. The van der Waals surface area contributed by atoms with E-state index in [9.17, 15) is 28.6 Å². The fourth-order valence-corrected chi connectivity index (χ4v) is 3.89. The number of fused-ring (bicyclic) bond motifs is 1. The van der Waals surface area contributed by atoms with E-state index >= 15 is 0 Å². The molecule has 3 aromatic rings. The van der Waals surface area contributed by atoms with Crippen LogP contribution in [0.3, 0.4) is 0 Å². The topological polar surface area (TPSA) is 120 Å². The van der Waals surface area contributed by atoms with Crippen molar-refractivity contribution in [3.8, 4) is 0 Å². The van der Waals surface area contributed by atoms with E-state index in [0.29, 0.717) is 11.5 Å². The minimum absolute atomic E-state index is 0.122. The summed E-state index contributed by atoms with van der Waals surface area (Å²) in [6.45, 7) is 0. The van der Waals surface area contributed by atoms with Gasteiger partial charge in [-0.1, -0.05) is 30.3 Å². The van der Waals surface area contributed by atoms with Crippen LogP contribution in [-0.4, -0.2) is 18.3 Å². The fraction of sp³-hybridized carbons (Fsp3) is 0. The van der Waals surface area contributed by atoms with Gasteiger partial charge >= 0.3 is 0 Å². The normalized spacial score (nSPS) is 11.4. The van der Waals surface area contributed by atoms with Gasteiger partial charge in [0.25, 0.3) is 11.4 Å². The van der Waals surface area contributed by atoms with Crippen molar-refractivity contribution in [2.45, 2.75) is 9.79 Å². The number of hydrogen-bond acceptors (Lipinski definition) is 6. The Bertz CT molecular complexity index is 1120. The molecule has 25 heavy (non-hydrogen) atoms. The SMILES string of the molecule is O=[N+]([O-])c1ccc(S(=O)(=O)c2ccc3ccccc3c2)c([N+](=O)[O-])c1. The molecule has 0 amide bonds. The van der Waals surface area contributed by atoms with Crippen molar-refractivity contribution in [1.29, 1.82) is 0 Å². The number of nitrogens with zero attached hydrogens (tertiary/aromatic N) is 2. The van der Waals surface area contributed by atoms with Crippen molar-refractivity contribution < 1.29 is 18.3 Å². The van der Waals surface area contributed by atoms with Gasteiger partial charge in [-0.25, -0.2) is 8.42 Å². The minimum atomic E-state index is -4.21. The average molecular weight is 358 g/mol. The first-order valence-electron chi connectivity index (χ1n) is 6.97. The summed E-state index contributed by atoms with van der Waals surface area (Å²) in [4.78, 5) is 19.5. The van der Waals surface area contributed by atoms with Crippen LogP contribution in [-0.2, 0) is 9.84 Å². The molecule has 3 rings (SSSR count). The van der Waals surface area contributed by atoms with Gasteiger partial charge in [0.05, 0.1) is 20.8 Å². The molecule has 0 saturated heterocycles. The Hall–Kier alpha value is -3.33. The molecular weight excluding hydrogens is 348 g/mol. The number of nitro groups is 2. The summed E-state index contributed by atoms with van der Waals surface area (Å²) in [5.74, 6) is 0. The number of sulfone groups is 1. The Morgan fingerprint density at radius 1 is 0.760 bits per heavy atom. The maximum atomic E-state index is 12.8. The van der Waals surface area contributed by atoms with Gasteiger partial charge in [0.15, 0.2) is 0 Å². The first-order valence-corrected chi connectivity index (χ1v) is 8.46. The molecule has 0 heterocycles. The molecule has 0 aliphatic carbocycles. The van der Waals surface area contributed by atoms with E-state index in [2.05, 4.69) is 0 Å². The third kappa shape index (κ3) is 2.92. The standard InChI is InChI=1S/C16H10N2O6S/c19-17(20)13-6-8-16(15(10-13)18(21)22)25(23,24)14-7-5-11-3-1-2-4-12(11)9-14/h1-10H. The molecule has 3 aromatic carbocycles. The summed E-state index contributed by atoms with van der Waals surface area (Å²) in [7, 11) is -4.21. The Morgan fingerprint density at radius 2 is 1.44 bits per heavy atom. The highest BCUT2D eigenvalue weighted by Crippen LogP contribution is 2.33. The molecule has 9 heteroatoms. The van der Waals surface area contributed by atoms with Crippen LogP contribution in [0.2, 0.25) is 0 Å². The Labute approximate surface area is 141 Å². The maximum Gasteiger partial charge on any atom is 0.295 e. The number of rotatable bonds is 4. The zero-order valence-corrected chi connectivity index (χ0v) is 13.3. The van der Waals surface area contributed by atoms with Crippen LogP contribution in [0.15, 0.2) is 70.5 Å². The van der Waals surface area contributed by atoms with Crippen LogP contribution < -0.4 is 0 Å². The van der Waals surface area contributed by atoms with Crippen LogP contribution in [0.5, 0.6) is 0 Å². The lowest BCUT2D eigenvalue weighted by atomic mass is 10.1. The molecule has 0 unspecified atom stereocenters. The number of non-ortho nitro benzene ring substituents is 1. The molecule has 0 spiro atoms. The van der Waals surface area contributed by atoms with Gasteiger partial charge in [-0.05, 0) is 29.0 Å². The molecular formula is C16H10N2O6S. The second kappa shape index (κ2) is 5.95. The van der Waals surface area contributed by atoms with Gasteiger partial charge in [-0.15, -0.1) is 0 Å². The molecule has 0 fully saturated rings. The Kier molecular flexibility index (Phi) is 3.93. The van der Waals surface area contributed by atoms with E-state index in [1.807, 2.05) is 0 Å². The molecule has 0 bridgehead atoms. The van der Waals surface area contributed by atoms with E-state index in [4.69, 9.17) is 0 Å². The smallest absolute Gasteiger partial charge is 0.258 e. The van der Waals surface area contributed by atoms with Crippen LogP contribution in [0.1, 0.15) is 0 Å². The maximum absolute atomic E-state index is 12.8. The van der Waals surface area contributed by atoms with E-state index in [1.165, 1.54) is 12.1 Å². The number of hydrogen-bond donors (Lipinski definition) is 0. The van der Waals surface area contributed by atoms with E-state index in [0.717, 1.165) is 17.5 Å². The first-order chi connectivity index (χ1) is 11.8. The quantitative estimate of drug-likeness (QED) is 0.520. The molecule has 0 N–H and O–H groups in total. The van der Waals surface area contributed by atoms with Crippen LogP contribution >= 0.6 is 0 Å².